The number of carbonyl (C=O) groups excluding carboxylic acids is 1. The molecule has 0 bridgehead atoms. The van der Waals surface area contributed by atoms with E-state index in [0.29, 0.717) is 11.5 Å². The highest BCUT2D eigenvalue weighted by atomic mass is 32.2. The molecule has 2 aliphatic rings. The summed E-state index contributed by atoms with van der Waals surface area (Å²) in [6, 6.07) is 0. The lowest BCUT2D eigenvalue weighted by Gasteiger charge is -2.11. The van der Waals surface area contributed by atoms with Gasteiger partial charge in [0.05, 0.1) is 18.5 Å². The largest absolute Gasteiger partial charge is 0.311 e. The molecule has 0 spiro atoms. The topological polar surface area (TPSA) is 95.2 Å². The lowest BCUT2D eigenvalue weighted by Crippen LogP contribution is -2.24. The van der Waals surface area contributed by atoms with Gasteiger partial charge in [0.15, 0.2) is 0 Å². The van der Waals surface area contributed by atoms with Crippen molar-refractivity contribution in [3.63, 3.8) is 0 Å². The summed E-state index contributed by atoms with van der Waals surface area (Å²) in [4.78, 5) is 11.7. The summed E-state index contributed by atoms with van der Waals surface area (Å²) >= 11 is 0. The van der Waals surface area contributed by atoms with Crippen molar-refractivity contribution in [2.45, 2.75) is 25.9 Å². The molecule has 1 aromatic rings. The number of anilines is 1. The Morgan fingerprint density at radius 3 is 2.78 bits per heavy atom. The van der Waals surface area contributed by atoms with Gasteiger partial charge in [0.2, 0.25) is 15.9 Å². The summed E-state index contributed by atoms with van der Waals surface area (Å²) in [5.74, 6) is 0.628. The second-order valence-electron chi connectivity index (χ2n) is 4.82. The molecule has 3 rings (SSSR count). The molecule has 7 nitrogen and oxygen atoms in total. The van der Waals surface area contributed by atoms with Crippen molar-refractivity contribution in [2.75, 3.05) is 11.6 Å². The molecule has 1 fully saturated rings. The average Bonchev–Trinajstić information content (AvgIpc) is 2.92. The van der Waals surface area contributed by atoms with Crippen LogP contribution in [0.4, 0.5) is 5.82 Å². The van der Waals surface area contributed by atoms with Crippen LogP contribution in [0, 0.1) is 5.92 Å². The van der Waals surface area contributed by atoms with Gasteiger partial charge in [-0.05, 0) is 12.8 Å². The van der Waals surface area contributed by atoms with E-state index in [0.717, 1.165) is 18.4 Å². The van der Waals surface area contributed by atoms with Gasteiger partial charge in [-0.25, -0.2) is 8.42 Å². The zero-order valence-electron chi connectivity index (χ0n) is 9.93. The molecule has 18 heavy (non-hydrogen) atoms. The maximum atomic E-state index is 11.7. The number of aromatic nitrogens is 2. The van der Waals surface area contributed by atoms with Crippen molar-refractivity contribution in [3.8, 4) is 0 Å². The van der Waals surface area contributed by atoms with Crippen LogP contribution in [0.1, 0.15) is 24.1 Å². The van der Waals surface area contributed by atoms with E-state index in [1.54, 1.807) is 0 Å². The smallest absolute Gasteiger partial charge is 0.228 e. The van der Waals surface area contributed by atoms with E-state index >= 15 is 0 Å². The van der Waals surface area contributed by atoms with Crippen molar-refractivity contribution >= 4 is 21.7 Å². The first-order valence-corrected chi connectivity index (χ1v) is 7.62. The van der Waals surface area contributed by atoms with E-state index in [2.05, 4.69) is 15.5 Å². The minimum absolute atomic E-state index is 0.0146. The SMILES string of the molecule is CS(=O)(=O)N1Cc2n[nH]c(NC(=O)C3CC3)c2C1. The van der Waals surface area contributed by atoms with Crippen LogP contribution < -0.4 is 5.32 Å². The van der Waals surface area contributed by atoms with Crippen LogP contribution in [0.3, 0.4) is 0 Å². The number of sulfonamides is 1. The van der Waals surface area contributed by atoms with Crippen molar-refractivity contribution in [1.29, 1.82) is 0 Å². The molecule has 98 valence electrons. The quantitative estimate of drug-likeness (QED) is 0.810. The van der Waals surface area contributed by atoms with Gasteiger partial charge in [0.1, 0.15) is 5.82 Å². The average molecular weight is 270 g/mol. The number of nitrogens with one attached hydrogen (secondary N) is 2. The highest BCUT2D eigenvalue weighted by molar-refractivity contribution is 7.88. The Hall–Kier alpha value is -1.41. The van der Waals surface area contributed by atoms with E-state index in [9.17, 15) is 13.2 Å². The highest BCUT2D eigenvalue weighted by Crippen LogP contribution is 2.32. The van der Waals surface area contributed by atoms with Crippen LogP contribution in [0.25, 0.3) is 0 Å². The molecule has 2 heterocycles. The summed E-state index contributed by atoms with van der Waals surface area (Å²) in [6.07, 6.45) is 3.03. The first-order chi connectivity index (χ1) is 8.45. The van der Waals surface area contributed by atoms with Gasteiger partial charge in [-0.3, -0.25) is 9.89 Å². The molecule has 1 amide bonds. The second kappa shape index (κ2) is 3.79. The minimum Gasteiger partial charge on any atom is -0.311 e. The third kappa shape index (κ3) is 2.01. The number of rotatable bonds is 3. The van der Waals surface area contributed by atoms with Crippen LogP contribution >= 0.6 is 0 Å². The fraction of sp³-hybridized carbons (Fsp3) is 0.600. The molecule has 8 heteroatoms. The molecule has 0 radical (unpaired) electrons. The Balaban J connectivity index is 1.79. The van der Waals surface area contributed by atoms with Gasteiger partial charge in [0, 0.05) is 18.0 Å². The molecule has 0 aromatic carbocycles. The second-order valence-corrected chi connectivity index (χ2v) is 6.80. The summed E-state index contributed by atoms with van der Waals surface area (Å²) in [5, 5.41) is 9.58. The Morgan fingerprint density at radius 2 is 2.17 bits per heavy atom. The van der Waals surface area contributed by atoms with Gasteiger partial charge in [-0.15, -0.1) is 0 Å². The lowest BCUT2D eigenvalue weighted by molar-refractivity contribution is -0.117. The monoisotopic (exact) mass is 270 g/mol. The van der Waals surface area contributed by atoms with E-state index in [1.807, 2.05) is 0 Å². The zero-order valence-corrected chi connectivity index (χ0v) is 10.7. The molecule has 1 saturated carbocycles. The summed E-state index contributed by atoms with van der Waals surface area (Å²) in [6.45, 7) is 0.537. The Bertz CT molecular complexity index is 603. The highest BCUT2D eigenvalue weighted by Gasteiger charge is 2.34. The van der Waals surface area contributed by atoms with E-state index in [-0.39, 0.29) is 24.9 Å². The number of amides is 1. The summed E-state index contributed by atoms with van der Waals surface area (Å²) in [5.41, 5.74) is 1.46. The maximum absolute atomic E-state index is 11.7. The van der Waals surface area contributed by atoms with E-state index in [4.69, 9.17) is 0 Å². The van der Waals surface area contributed by atoms with Crippen LogP contribution in [0.5, 0.6) is 0 Å². The third-order valence-electron chi connectivity index (χ3n) is 3.28. The number of hydrogen-bond acceptors (Lipinski definition) is 4. The fourth-order valence-corrected chi connectivity index (χ4v) is 2.73. The van der Waals surface area contributed by atoms with Crippen LogP contribution in [0.15, 0.2) is 0 Å². The Morgan fingerprint density at radius 1 is 1.44 bits per heavy atom. The molecule has 2 N–H and O–H groups in total. The maximum Gasteiger partial charge on any atom is 0.228 e. The molecule has 1 aliphatic carbocycles. The zero-order chi connectivity index (χ0) is 12.9. The van der Waals surface area contributed by atoms with Gasteiger partial charge >= 0.3 is 0 Å². The van der Waals surface area contributed by atoms with Crippen molar-refractivity contribution < 1.29 is 13.2 Å². The van der Waals surface area contributed by atoms with Crippen LogP contribution in [-0.4, -0.2) is 35.1 Å². The van der Waals surface area contributed by atoms with E-state index in [1.165, 1.54) is 10.6 Å². The number of aromatic amines is 1. The van der Waals surface area contributed by atoms with Crippen LogP contribution in [0.2, 0.25) is 0 Å². The summed E-state index contributed by atoms with van der Waals surface area (Å²) in [7, 11) is -3.22. The summed E-state index contributed by atoms with van der Waals surface area (Å²) < 4.78 is 24.2. The van der Waals surface area contributed by atoms with Crippen molar-refractivity contribution in [3.05, 3.63) is 11.3 Å². The molecule has 0 unspecified atom stereocenters. The van der Waals surface area contributed by atoms with Crippen molar-refractivity contribution in [1.82, 2.24) is 14.5 Å². The van der Waals surface area contributed by atoms with Gasteiger partial charge in [0.25, 0.3) is 0 Å². The number of carbonyl (C=O) groups is 1. The molecular formula is C10H14N4O3S. The number of hydrogen-bond donors (Lipinski definition) is 2. The minimum atomic E-state index is -3.22. The first kappa shape index (κ1) is 11.7. The Kier molecular flexibility index (Phi) is 2.46. The molecule has 1 aliphatic heterocycles. The van der Waals surface area contributed by atoms with Gasteiger partial charge < -0.3 is 5.32 Å². The molecule has 0 atom stereocenters. The number of H-pyrrole nitrogens is 1. The standard InChI is InChI=1S/C10H14N4O3S/c1-18(16,17)14-4-7-8(5-14)12-13-9(7)11-10(15)6-2-3-6/h6H,2-5H2,1H3,(H2,11,12,13,15). The van der Waals surface area contributed by atoms with Crippen molar-refractivity contribution in [2.24, 2.45) is 5.92 Å². The van der Waals surface area contributed by atoms with Crippen LogP contribution in [-0.2, 0) is 27.9 Å². The van der Waals surface area contributed by atoms with Gasteiger partial charge in [-0.1, -0.05) is 0 Å². The molecular weight excluding hydrogens is 256 g/mol. The molecule has 0 saturated heterocycles. The number of nitrogens with zero attached hydrogens (tertiary/aromatic N) is 2. The first-order valence-electron chi connectivity index (χ1n) is 5.77. The predicted molar refractivity (Wildman–Crippen MR) is 64.0 cm³/mol. The fourth-order valence-electron chi connectivity index (χ4n) is 2.01. The normalized spacial score (nSPS) is 19.8. The van der Waals surface area contributed by atoms with Gasteiger partial charge in [-0.2, -0.15) is 9.40 Å². The van der Waals surface area contributed by atoms with E-state index < -0.39 is 10.0 Å². The predicted octanol–water partition coefficient (Wildman–Crippen LogP) is 0.0334. The third-order valence-corrected chi connectivity index (χ3v) is 4.47. The Labute approximate surface area is 105 Å². The molecule has 1 aromatic heterocycles. The lowest BCUT2D eigenvalue weighted by atomic mass is 10.2. The number of fused-ring (bicyclic) bond motifs is 1.